The predicted octanol–water partition coefficient (Wildman–Crippen LogP) is 2.96. The topological polar surface area (TPSA) is 80.1 Å². The fourth-order valence-electron chi connectivity index (χ4n) is 5.83. The van der Waals surface area contributed by atoms with Gasteiger partial charge in [0.1, 0.15) is 11.3 Å². The molecule has 0 N–H and O–H groups in total. The van der Waals surface area contributed by atoms with Gasteiger partial charge in [-0.3, -0.25) is 9.59 Å². The van der Waals surface area contributed by atoms with Crippen molar-refractivity contribution in [3.05, 3.63) is 39.2 Å². The number of carbonyl (C=O) groups is 2. The fourth-order valence-corrected chi connectivity index (χ4v) is 5.83. The third-order valence-corrected chi connectivity index (χ3v) is 7.71. The second kappa shape index (κ2) is 7.94. The van der Waals surface area contributed by atoms with Crippen LogP contribution in [0.1, 0.15) is 42.4 Å². The van der Waals surface area contributed by atoms with Crippen molar-refractivity contribution >= 4 is 22.8 Å². The van der Waals surface area contributed by atoms with E-state index in [9.17, 15) is 14.4 Å². The molecule has 7 nitrogen and oxygen atoms in total. The van der Waals surface area contributed by atoms with Crippen LogP contribution in [0.5, 0.6) is 5.75 Å². The Kier molecular flexibility index (Phi) is 5.22. The number of piperidine rings is 3. The zero-order chi connectivity index (χ0) is 22.6. The largest absolute Gasteiger partial charge is 0.483 e. The molecule has 1 unspecified atom stereocenters. The molecular formula is C25H30N2O5. The van der Waals surface area contributed by atoms with Crippen LogP contribution < -0.4 is 10.4 Å². The summed E-state index contributed by atoms with van der Waals surface area (Å²) in [5.74, 6) is 1.51. The van der Waals surface area contributed by atoms with Crippen molar-refractivity contribution in [2.24, 2.45) is 11.8 Å². The van der Waals surface area contributed by atoms with E-state index in [1.54, 1.807) is 6.92 Å². The van der Waals surface area contributed by atoms with Crippen LogP contribution in [0.2, 0.25) is 0 Å². The summed E-state index contributed by atoms with van der Waals surface area (Å²) in [4.78, 5) is 41.4. The Morgan fingerprint density at radius 3 is 2.72 bits per heavy atom. The second-order valence-electron chi connectivity index (χ2n) is 9.66. The number of amides is 2. The average molecular weight is 439 g/mol. The first-order valence-electron chi connectivity index (χ1n) is 11.6. The van der Waals surface area contributed by atoms with E-state index in [-0.39, 0.29) is 30.1 Å². The summed E-state index contributed by atoms with van der Waals surface area (Å²) in [7, 11) is 0. The third-order valence-electron chi connectivity index (χ3n) is 7.71. The first kappa shape index (κ1) is 21.0. The minimum absolute atomic E-state index is 0.0312. The SMILES string of the molecule is Cc1c(C)c2ccc(OCC(=O)N3C[C@H]4C[C@@H](C3)C3CCCC(=O)N3C4)c(C)c2oc1=O. The molecule has 5 rings (SSSR count). The van der Waals surface area contributed by atoms with Crippen LogP contribution in [0.4, 0.5) is 0 Å². The molecule has 1 aromatic carbocycles. The number of likely N-dealkylation sites (tertiary alicyclic amines) is 1. The van der Waals surface area contributed by atoms with E-state index in [4.69, 9.17) is 9.15 Å². The lowest BCUT2D eigenvalue weighted by molar-refractivity contribution is -0.149. The summed E-state index contributed by atoms with van der Waals surface area (Å²) in [6.45, 7) is 7.61. The van der Waals surface area contributed by atoms with Crippen LogP contribution in [0.3, 0.4) is 0 Å². The molecule has 0 aliphatic carbocycles. The molecule has 3 saturated heterocycles. The van der Waals surface area contributed by atoms with Gasteiger partial charge in [-0.15, -0.1) is 0 Å². The number of fused-ring (bicyclic) bond motifs is 5. The third kappa shape index (κ3) is 3.48. The second-order valence-corrected chi connectivity index (χ2v) is 9.66. The highest BCUT2D eigenvalue weighted by Crippen LogP contribution is 2.38. The first-order valence-corrected chi connectivity index (χ1v) is 11.6. The lowest BCUT2D eigenvalue weighted by atomic mass is 9.76. The van der Waals surface area contributed by atoms with E-state index in [1.165, 1.54) is 0 Å². The first-order chi connectivity index (χ1) is 15.3. The molecule has 2 bridgehead atoms. The maximum Gasteiger partial charge on any atom is 0.339 e. The van der Waals surface area contributed by atoms with Gasteiger partial charge < -0.3 is 19.0 Å². The summed E-state index contributed by atoms with van der Waals surface area (Å²) in [5.41, 5.74) is 2.40. The van der Waals surface area contributed by atoms with Crippen molar-refractivity contribution in [3.8, 4) is 5.75 Å². The van der Waals surface area contributed by atoms with E-state index in [1.807, 2.05) is 30.9 Å². The molecule has 4 heterocycles. The number of rotatable bonds is 3. The van der Waals surface area contributed by atoms with Gasteiger partial charge in [0.15, 0.2) is 6.61 Å². The van der Waals surface area contributed by atoms with E-state index in [0.29, 0.717) is 48.2 Å². The standard InChI is InChI=1S/C25H30N2O5/c1-14-15(2)25(30)32-24-16(3)21(8-7-19(14)24)31-13-23(29)26-10-17-9-18(12-26)20-5-4-6-22(28)27(20)11-17/h7-8,17-18,20H,4-6,9-13H2,1-3H3/t17-,18+,20?/m1/s1. The van der Waals surface area contributed by atoms with Crippen molar-refractivity contribution in [3.63, 3.8) is 0 Å². The molecule has 0 saturated carbocycles. The molecule has 3 fully saturated rings. The van der Waals surface area contributed by atoms with Crippen LogP contribution in [0.15, 0.2) is 21.3 Å². The highest BCUT2D eigenvalue weighted by molar-refractivity contribution is 5.86. The Balaban J connectivity index is 1.29. The minimum atomic E-state index is -0.346. The maximum atomic E-state index is 13.0. The molecular weight excluding hydrogens is 408 g/mol. The van der Waals surface area contributed by atoms with Gasteiger partial charge in [0.2, 0.25) is 5.91 Å². The predicted molar refractivity (Wildman–Crippen MR) is 120 cm³/mol. The van der Waals surface area contributed by atoms with Crippen LogP contribution in [0.25, 0.3) is 11.0 Å². The van der Waals surface area contributed by atoms with E-state index in [2.05, 4.69) is 4.90 Å². The van der Waals surface area contributed by atoms with Crippen molar-refractivity contribution in [2.45, 2.75) is 52.5 Å². The van der Waals surface area contributed by atoms with Gasteiger partial charge in [-0.05, 0) is 69.6 Å². The summed E-state index contributed by atoms with van der Waals surface area (Å²) in [5, 5.41) is 0.883. The summed E-state index contributed by atoms with van der Waals surface area (Å²) in [6.07, 6.45) is 3.76. The molecule has 1 aromatic heterocycles. The van der Waals surface area contributed by atoms with Gasteiger partial charge in [-0.2, -0.15) is 0 Å². The number of carbonyl (C=O) groups excluding carboxylic acids is 2. The van der Waals surface area contributed by atoms with Gasteiger partial charge in [-0.25, -0.2) is 4.79 Å². The molecule has 7 heteroatoms. The van der Waals surface area contributed by atoms with E-state index in [0.717, 1.165) is 42.3 Å². The average Bonchev–Trinajstić information content (AvgIpc) is 2.78. The maximum absolute atomic E-state index is 13.0. The van der Waals surface area contributed by atoms with E-state index >= 15 is 0 Å². The zero-order valence-corrected chi connectivity index (χ0v) is 19.0. The van der Waals surface area contributed by atoms with Crippen LogP contribution in [-0.4, -0.2) is 53.9 Å². The molecule has 170 valence electrons. The quantitative estimate of drug-likeness (QED) is 0.689. The fraction of sp³-hybridized carbons (Fsp3) is 0.560. The highest BCUT2D eigenvalue weighted by Gasteiger charge is 2.44. The molecule has 32 heavy (non-hydrogen) atoms. The Bertz CT molecular complexity index is 1150. The van der Waals surface area contributed by atoms with E-state index < -0.39 is 0 Å². The Labute approximate surface area is 187 Å². The molecule has 3 aliphatic rings. The minimum Gasteiger partial charge on any atom is -0.483 e. The van der Waals surface area contributed by atoms with Crippen LogP contribution >= 0.6 is 0 Å². The number of hydrogen-bond acceptors (Lipinski definition) is 5. The highest BCUT2D eigenvalue weighted by atomic mass is 16.5. The lowest BCUT2D eigenvalue weighted by Crippen LogP contribution is -2.61. The summed E-state index contributed by atoms with van der Waals surface area (Å²) in [6, 6.07) is 4.00. The smallest absolute Gasteiger partial charge is 0.339 e. The number of nitrogens with zero attached hydrogens (tertiary/aromatic N) is 2. The summed E-state index contributed by atoms with van der Waals surface area (Å²) >= 11 is 0. The monoisotopic (exact) mass is 438 g/mol. The molecule has 0 radical (unpaired) electrons. The number of ether oxygens (including phenoxy) is 1. The number of hydrogen-bond donors (Lipinski definition) is 0. The Morgan fingerprint density at radius 2 is 1.91 bits per heavy atom. The van der Waals surface area contributed by atoms with Gasteiger partial charge in [0.05, 0.1) is 0 Å². The molecule has 3 atom stereocenters. The number of aryl methyl sites for hydroxylation is 2. The van der Waals surface area contributed by atoms with Gasteiger partial charge in [-0.1, -0.05) is 0 Å². The Hall–Kier alpha value is -2.83. The van der Waals surface area contributed by atoms with Crippen molar-refractivity contribution in [1.29, 1.82) is 0 Å². The van der Waals surface area contributed by atoms with Crippen LogP contribution in [0, 0.1) is 32.6 Å². The molecule has 3 aliphatic heterocycles. The normalized spacial score (nSPS) is 25.1. The van der Waals surface area contributed by atoms with Crippen molar-refractivity contribution in [2.75, 3.05) is 26.2 Å². The van der Waals surface area contributed by atoms with Gasteiger partial charge in [0.25, 0.3) is 5.91 Å². The molecule has 2 amide bonds. The van der Waals surface area contributed by atoms with Crippen molar-refractivity contribution in [1.82, 2.24) is 9.80 Å². The van der Waals surface area contributed by atoms with Gasteiger partial charge in [0, 0.05) is 48.6 Å². The lowest BCUT2D eigenvalue weighted by Gasteiger charge is -2.52. The van der Waals surface area contributed by atoms with Crippen LogP contribution in [-0.2, 0) is 9.59 Å². The van der Waals surface area contributed by atoms with Crippen molar-refractivity contribution < 1.29 is 18.7 Å². The van der Waals surface area contributed by atoms with Gasteiger partial charge >= 0.3 is 5.63 Å². The zero-order valence-electron chi connectivity index (χ0n) is 19.0. The molecule has 2 aromatic rings. The molecule has 0 spiro atoms. The number of benzene rings is 1. The summed E-state index contributed by atoms with van der Waals surface area (Å²) < 4.78 is 11.4. The Morgan fingerprint density at radius 1 is 1.09 bits per heavy atom.